The maximum Gasteiger partial charge on any atom is 0.128 e. The first-order chi connectivity index (χ1) is 10.2. The summed E-state index contributed by atoms with van der Waals surface area (Å²) in [4.78, 5) is 9.90. The molecular weight excluding hydrogens is 262 g/mol. The van der Waals surface area contributed by atoms with E-state index in [4.69, 9.17) is 9.72 Å². The van der Waals surface area contributed by atoms with Crippen LogP contribution < -0.4 is 4.90 Å². The molecule has 2 aliphatic rings. The Morgan fingerprint density at radius 1 is 1.10 bits per heavy atom. The van der Waals surface area contributed by atoms with Crippen molar-refractivity contribution in [3.05, 3.63) is 23.9 Å². The van der Waals surface area contributed by atoms with Gasteiger partial charge in [0.2, 0.25) is 0 Å². The monoisotopic (exact) mass is 289 g/mol. The van der Waals surface area contributed by atoms with Crippen molar-refractivity contribution in [2.75, 3.05) is 44.3 Å². The molecule has 116 valence electrons. The summed E-state index contributed by atoms with van der Waals surface area (Å²) in [6.45, 7) is 10.8. The minimum Gasteiger partial charge on any atom is -0.381 e. The number of anilines is 1. The first-order valence-corrected chi connectivity index (χ1v) is 8.28. The molecule has 0 atom stereocenters. The zero-order chi connectivity index (χ0) is 14.7. The van der Waals surface area contributed by atoms with Gasteiger partial charge in [0.25, 0.3) is 0 Å². The van der Waals surface area contributed by atoms with Crippen molar-refractivity contribution < 1.29 is 4.74 Å². The van der Waals surface area contributed by atoms with Crippen LogP contribution in [0.15, 0.2) is 18.2 Å². The van der Waals surface area contributed by atoms with Gasteiger partial charge in [-0.2, -0.15) is 0 Å². The normalized spacial score (nSPS) is 22.0. The number of aromatic nitrogens is 1. The fraction of sp³-hybridized carbons (Fsp3) is 0.706. The average Bonchev–Trinajstić information content (AvgIpc) is 2.56. The molecule has 0 bridgehead atoms. The molecule has 4 nitrogen and oxygen atoms in total. The van der Waals surface area contributed by atoms with Gasteiger partial charge in [0.05, 0.1) is 0 Å². The third kappa shape index (κ3) is 3.55. The van der Waals surface area contributed by atoms with Crippen molar-refractivity contribution in [2.24, 2.45) is 0 Å². The molecule has 0 spiro atoms. The summed E-state index contributed by atoms with van der Waals surface area (Å²) in [6, 6.07) is 7.15. The van der Waals surface area contributed by atoms with Crippen molar-refractivity contribution in [3.63, 3.8) is 0 Å². The van der Waals surface area contributed by atoms with Gasteiger partial charge in [-0.3, -0.25) is 4.90 Å². The number of pyridine rings is 1. The fourth-order valence-electron chi connectivity index (χ4n) is 3.30. The summed E-state index contributed by atoms with van der Waals surface area (Å²) >= 11 is 0. The Balaban J connectivity index is 1.59. The molecule has 0 saturated carbocycles. The Hall–Kier alpha value is -1.13. The molecule has 1 aromatic rings. The highest BCUT2D eigenvalue weighted by molar-refractivity contribution is 5.40. The summed E-state index contributed by atoms with van der Waals surface area (Å²) in [5.41, 5.74) is 1.19. The van der Waals surface area contributed by atoms with Gasteiger partial charge in [0.1, 0.15) is 5.82 Å². The van der Waals surface area contributed by atoms with Crippen molar-refractivity contribution >= 4 is 5.82 Å². The maximum absolute atomic E-state index is 5.47. The molecule has 4 heteroatoms. The largest absolute Gasteiger partial charge is 0.381 e. The predicted octanol–water partition coefficient (Wildman–Crippen LogP) is 2.51. The molecular formula is C17H27N3O. The minimum absolute atomic E-state index is 0.494. The molecule has 1 aromatic heterocycles. The van der Waals surface area contributed by atoms with Crippen LogP contribution in [0.25, 0.3) is 0 Å². The van der Waals surface area contributed by atoms with E-state index in [0.29, 0.717) is 5.92 Å². The highest BCUT2D eigenvalue weighted by Crippen LogP contribution is 2.21. The quantitative estimate of drug-likeness (QED) is 0.855. The number of rotatable bonds is 3. The predicted molar refractivity (Wildman–Crippen MR) is 86.0 cm³/mol. The first kappa shape index (κ1) is 14.8. The lowest BCUT2D eigenvalue weighted by Crippen LogP contribution is -2.51. The van der Waals surface area contributed by atoms with E-state index >= 15 is 0 Å². The van der Waals surface area contributed by atoms with E-state index in [1.165, 1.54) is 18.5 Å². The summed E-state index contributed by atoms with van der Waals surface area (Å²) in [6.07, 6.45) is 2.39. The zero-order valence-corrected chi connectivity index (χ0v) is 13.3. The average molecular weight is 289 g/mol. The summed E-state index contributed by atoms with van der Waals surface area (Å²) in [5, 5.41) is 0. The molecule has 3 heterocycles. The Bertz CT molecular complexity index is 449. The summed E-state index contributed by atoms with van der Waals surface area (Å²) in [5.74, 6) is 1.64. The van der Waals surface area contributed by atoms with Crippen LogP contribution in [-0.2, 0) is 4.74 Å². The van der Waals surface area contributed by atoms with Gasteiger partial charge in [0, 0.05) is 51.1 Å². The van der Waals surface area contributed by atoms with E-state index in [2.05, 4.69) is 41.8 Å². The van der Waals surface area contributed by atoms with Gasteiger partial charge in [0.15, 0.2) is 0 Å². The molecule has 2 fully saturated rings. The molecule has 2 aliphatic heterocycles. The van der Waals surface area contributed by atoms with E-state index < -0.39 is 0 Å². The number of piperazine rings is 1. The third-order valence-electron chi connectivity index (χ3n) is 4.69. The van der Waals surface area contributed by atoms with Crippen molar-refractivity contribution in [3.8, 4) is 0 Å². The Kier molecular flexibility index (Phi) is 4.76. The topological polar surface area (TPSA) is 28.6 Å². The van der Waals surface area contributed by atoms with Crippen LogP contribution >= 0.6 is 0 Å². The van der Waals surface area contributed by atoms with Crippen LogP contribution in [0.2, 0.25) is 0 Å². The van der Waals surface area contributed by atoms with Gasteiger partial charge in [-0.1, -0.05) is 19.9 Å². The van der Waals surface area contributed by atoms with Crippen LogP contribution in [0.3, 0.4) is 0 Å². The van der Waals surface area contributed by atoms with E-state index in [-0.39, 0.29) is 0 Å². The lowest BCUT2D eigenvalue weighted by molar-refractivity contribution is 0.0321. The van der Waals surface area contributed by atoms with Crippen LogP contribution in [0.5, 0.6) is 0 Å². The van der Waals surface area contributed by atoms with Gasteiger partial charge < -0.3 is 9.64 Å². The first-order valence-electron chi connectivity index (χ1n) is 8.28. The fourth-order valence-corrected chi connectivity index (χ4v) is 3.30. The second-order valence-electron chi connectivity index (χ2n) is 6.44. The molecule has 21 heavy (non-hydrogen) atoms. The van der Waals surface area contributed by atoms with E-state index in [1.807, 2.05) is 0 Å². The van der Waals surface area contributed by atoms with Gasteiger partial charge in [-0.25, -0.2) is 4.98 Å². The Labute approximate surface area is 128 Å². The highest BCUT2D eigenvalue weighted by Gasteiger charge is 2.25. The second kappa shape index (κ2) is 6.75. The lowest BCUT2D eigenvalue weighted by Gasteiger charge is -2.41. The smallest absolute Gasteiger partial charge is 0.128 e. The number of hydrogen-bond acceptors (Lipinski definition) is 4. The van der Waals surface area contributed by atoms with Gasteiger partial charge in [-0.15, -0.1) is 0 Å². The van der Waals surface area contributed by atoms with Crippen LogP contribution in [0.1, 0.15) is 38.3 Å². The molecule has 0 N–H and O–H groups in total. The van der Waals surface area contributed by atoms with Crippen LogP contribution in [0, 0.1) is 0 Å². The highest BCUT2D eigenvalue weighted by atomic mass is 16.5. The molecule has 0 aromatic carbocycles. The maximum atomic E-state index is 5.47. The SMILES string of the molecule is CC(C)c1cccc(N2CCN(C3CCOCC3)CC2)n1. The molecule has 2 saturated heterocycles. The molecule has 0 amide bonds. The lowest BCUT2D eigenvalue weighted by atomic mass is 10.1. The van der Waals surface area contributed by atoms with Crippen LogP contribution in [0.4, 0.5) is 5.82 Å². The summed E-state index contributed by atoms with van der Waals surface area (Å²) in [7, 11) is 0. The van der Waals surface area contributed by atoms with Gasteiger partial charge >= 0.3 is 0 Å². The number of hydrogen-bond donors (Lipinski definition) is 0. The Morgan fingerprint density at radius 2 is 1.81 bits per heavy atom. The van der Waals surface area contributed by atoms with E-state index in [9.17, 15) is 0 Å². The Morgan fingerprint density at radius 3 is 2.48 bits per heavy atom. The molecule has 0 radical (unpaired) electrons. The van der Waals surface area contributed by atoms with E-state index in [0.717, 1.165) is 51.3 Å². The molecule has 3 rings (SSSR count). The van der Waals surface area contributed by atoms with Gasteiger partial charge in [-0.05, 0) is 30.9 Å². The zero-order valence-electron chi connectivity index (χ0n) is 13.3. The second-order valence-corrected chi connectivity index (χ2v) is 6.44. The number of nitrogens with zero attached hydrogens (tertiary/aromatic N) is 3. The van der Waals surface area contributed by atoms with Crippen molar-refractivity contribution in [2.45, 2.75) is 38.6 Å². The molecule has 0 unspecified atom stereocenters. The minimum atomic E-state index is 0.494. The third-order valence-corrected chi connectivity index (χ3v) is 4.69. The van der Waals surface area contributed by atoms with E-state index in [1.54, 1.807) is 0 Å². The summed E-state index contributed by atoms with van der Waals surface area (Å²) < 4.78 is 5.47. The van der Waals surface area contributed by atoms with Crippen LogP contribution in [-0.4, -0.2) is 55.3 Å². The van der Waals surface area contributed by atoms with Crippen molar-refractivity contribution in [1.29, 1.82) is 0 Å². The standard InChI is InChI=1S/C17H27N3O/c1-14(2)16-4-3-5-17(18-16)20-10-8-19(9-11-20)15-6-12-21-13-7-15/h3-5,14-15H,6-13H2,1-2H3. The van der Waals surface area contributed by atoms with Crippen molar-refractivity contribution in [1.82, 2.24) is 9.88 Å². The number of ether oxygens (including phenoxy) is 1. The molecule has 0 aliphatic carbocycles.